The molecule has 0 bridgehead atoms. The van der Waals surface area contributed by atoms with Crippen LogP contribution in [0.25, 0.3) is 0 Å². The molecule has 0 spiro atoms. The van der Waals surface area contributed by atoms with Crippen LogP contribution in [0.5, 0.6) is 0 Å². The molecule has 5 heteroatoms. The van der Waals surface area contributed by atoms with Crippen molar-refractivity contribution in [3.63, 3.8) is 0 Å². The average Bonchev–Trinajstić information content (AvgIpc) is 3.23. The SMILES string of the molecule is CCNc1nc(C2CC2)nc(N(CC)CCO)c1C. The minimum Gasteiger partial charge on any atom is -0.395 e. The second-order valence-corrected chi connectivity index (χ2v) is 4.99. The van der Waals surface area contributed by atoms with E-state index in [1.807, 2.05) is 6.92 Å². The van der Waals surface area contributed by atoms with E-state index in [1.54, 1.807) is 0 Å². The van der Waals surface area contributed by atoms with Crippen molar-refractivity contribution in [1.29, 1.82) is 0 Å². The fourth-order valence-corrected chi connectivity index (χ4v) is 2.23. The summed E-state index contributed by atoms with van der Waals surface area (Å²) in [5.74, 6) is 3.38. The minimum atomic E-state index is 0.145. The second kappa shape index (κ2) is 6.19. The van der Waals surface area contributed by atoms with Crippen LogP contribution in [-0.4, -0.2) is 41.3 Å². The number of nitrogens with zero attached hydrogens (tertiary/aromatic N) is 3. The van der Waals surface area contributed by atoms with Crippen molar-refractivity contribution < 1.29 is 5.11 Å². The zero-order valence-electron chi connectivity index (χ0n) is 12.1. The van der Waals surface area contributed by atoms with Gasteiger partial charge in [-0.3, -0.25) is 0 Å². The van der Waals surface area contributed by atoms with Crippen LogP contribution in [-0.2, 0) is 0 Å². The summed E-state index contributed by atoms with van der Waals surface area (Å²) in [5, 5.41) is 12.5. The number of aliphatic hydroxyl groups excluding tert-OH is 1. The molecule has 1 fully saturated rings. The average molecular weight is 264 g/mol. The maximum atomic E-state index is 9.18. The van der Waals surface area contributed by atoms with Gasteiger partial charge in [-0.15, -0.1) is 0 Å². The molecule has 0 unspecified atom stereocenters. The number of nitrogens with one attached hydrogen (secondary N) is 1. The van der Waals surface area contributed by atoms with Crippen molar-refractivity contribution in [2.24, 2.45) is 0 Å². The van der Waals surface area contributed by atoms with Gasteiger partial charge < -0.3 is 15.3 Å². The van der Waals surface area contributed by atoms with E-state index in [4.69, 9.17) is 4.98 Å². The number of anilines is 2. The van der Waals surface area contributed by atoms with Gasteiger partial charge in [-0.25, -0.2) is 9.97 Å². The van der Waals surface area contributed by atoms with Gasteiger partial charge in [-0.1, -0.05) is 0 Å². The highest BCUT2D eigenvalue weighted by Gasteiger charge is 2.28. The van der Waals surface area contributed by atoms with Gasteiger partial charge >= 0.3 is 0 Å². The van der Waals surface area contributed by atoms with Gasteiger partial charge in [0.1, 0.15) is 17.5 Å². The van der Waals surface area contributed by atoms with Crippen molar-refractivity contribution in [3.05, 3.63) is 11.4 Å². The third-order valence-corrected chi connectivity index (χ3v) is 3.48. The highest BCUT2D eigenvalue weighted by Crippen LogP contribution is 2.40. The monoisotopic (exact) mass is 264 g/mol. The van der Waals surface area contributed by atoms with Crippen molar-refractivity contribution in [2.75, 3.05) is 36.5 Å². The predicted molar refractivity (Wildman–Crippen MR) is 77.9 cm³/mol. The molecule has 1 aliphatic rings. The van der Waals surface area contributed by atoms with E-state index in [0.717, 1.165) is 36.1 Å². The first kappa shape index (κ1) is 14.1. The molecule has 1 aromatic rings. The molecule has 1 aromatic heterocycles. The van der Waals surface area contributed by atoms with E-state index in [1.165, 1.54) is 12.8 Å². The van der Waals surface area contributed by atoms with Crippen molar-refractivity contribution in [2.45, 2.75) is 39.5 Å². The van der Waals surface area contributed by atoms with Gasteiger partial charge in [-0.2, -0.15) is 0 Å². The summed E-state index contributed by atoms with van der Waals surface area (Å²) >= 11 is 0. The van der Waals surface area contributed by atoms with Crippen LogP contribution in [0.15, 0.2) is 0 Å². The van der Waals surface area contributed by atoms with E-state index in [-0.39, 0.29) is 6.61 Å². The van der Waals surface area contributed by atoms with E-state index in [0.29, 0.717) is 12.5 Å². The van der Waals surface area contributed by atoms with E-state index in [9.17, 15) is 5.11 Å². The lowest BCUT2D eigenvalue weighted by Crippen LogP contribution is -2.28. The summed E-state index contributed by atoms with van der Waals surface area (Å²) in [5.41, 5.74) is 1.07. The lowest BCUT2D eigenvalue weighted by atomic mass is 10.2. The van der Waals surface area contributed by atoms with Gasteiger partial charge in [0.2, 0.25) is 0 Å². The molecule has 2 N–H and O–H groups in total. The maximum absolute atomic E-state index is 9.18. The fraction of sp³-hybridized carbons (Fsp3) is 0.714. The Balaban J connectivity index is 2.38. The molecule has 0 aromatic carbocycles. The summed E-state index contributed by atoms with van der Waals surface area (Å²) in [4.78, 5) is 11.5. The normalized spacial score (nSPS) is 14.5. The van der Waals surface area contributed by atoms with Gasteiger partial charge in [0, 0.05) is 31.1 Å². The summed E-state index contributed by atoms with van der Waals surface area (Å²) in [6, 6.07) is 0. The summed E-state index contributed by atoms with van der Waals surface area (Å²) in [6.07, 6.45) is 2.39. The van der Waals surface area contributed by atoms with Crippen LogP contribution in [0.4, 0.5) is 11.6 Å². The Hall–Kier alpha value is -1.36. The molecule has 0 aliphatic heterocycles. The van der Waals surface area contributed by atoms with Crippen molar-refractivity contribution in [1.82, 2.24) is 9.97 Å². The molecule has 1 aliphatic carbocycles. The Morgan fingerprint density at radius 3 is 2.58 bits per heavy atom. The Bertz CT molecular complexity index is 432. The third-order valence-electron chi connectivity index (χ3n) is 3.48. The Morgan fingerprint density at radius 2 is 2.05 bits per heavy atom. The number of rotatable bonds is 7. The molecule has 106 valence electrons. The smallest absolute Gasteiger partial charge is 0.137 e. The van der Waals surface area contributed by atoms with Crippen molar-refractivity contribution in [3.8, 4) is 0 Å². The van der Waals surface area contributed by atoms with Gasteiger partial charge in [0.05, 0.1) is 6.61 Å². The van der Waals surface area contributed by atoms with E-state index in [2.05, 4.69) is 29.0 Å². The Labute approximate surface area is 115 Å². The molecule has 0 radical (unpaired) electrons. The van der Waals surface area contributed by atoms with Gasteiger partial charge in [0.15, 0.2) is 0 Å². The zero-order valence-corrected chi connectivity index (χ0v) is 12.1. The number of likely N-dealkylation sites (N-methyl/N-ethyl adjacent to an activating group) is 1. The molecule has 2 rings (SSSR count). The standard InChI is InChI=1S/C14H24N4O/c1-4-15-12-10(3)14(18(5-2)8-9-19)17-13(16-12)11-6-7-11/h11,19H,4-9H2,1-3H3,(H,15,16,17). The Morgan fingerprint density at radius 1 is 1.32 bits per heavy atom. The molecule has 19 heavy (non-hydrogen) atoms. The highest BCUT2D eigenvalue weighted by atomic mass is 16.3. The molecule has 1 heterocycles. The summed E-state index contributed by atoms with van der Waals surface area (Å²) < 4.78 is 0. The van der Waals surface area contributed by atoms with Crippen LogP contribution in [0, 0.1) is 6.92 Å². The number of hydrogen-bond donors (Lipinski definition) is 2. The van der Waals surface area contributed by atoms with Crippen LogP contribution in [0.1, 0.15) is 44.0 Å². The first-order valence-corrected chi connectivity index (χ1v) is 7.19. The number of aliphatic hydroxyl groups is 1. The summed E-state index contributed by atoms with van der Waals surface area (Å²) in [7, 11) is 0. The van der Waals surface area contributed by atoms with Crippen LogP contribution in [0.2, 0.25) is 0 Å². The van der Waals surface area contributed by atoms with Crippen LogP contribution in [0.3, 0.4) is 0 Å². The van der Waals surface area contributed by atoms with Crippen LogP contribution < -0.4 is 10.2 Å². The maximum Gasteiger partial charge on any atom is 0.137 e. The fourth-order valence-electron chi connectivity index (χ4n) is 2.23. The molecule has 1 saturated carbocycles. The number of aromatic nitrogens is 2. The quantitative estimate of drug-likeness (QED) is 0.788. The second-order valence-electron chi connectivity index (χ2n) is 4.99. The van der Waals surface area contributed by atoms with Gasteiger partial charge in [0.25, 0.3) is 0 Å². The predicted octanol–water partition coefficient (Wildman–Crippen LogP) is 1.91. The number of hydrogen-bond acceptors (Lipinski definition) is 5. The zero-order chi connectivity index (χ0) is 13.8. The van der Waals surface area contributed by atoms with Gasteiger partial charge in [-0.05, 0) is 33.6 Å². The molecular formula is C14H24N4O. The molecule has 0 amide bonds. The van der Waals surface area contributed by atoms with Crippen LogP contribution >= 0.6 is 0 Å². The Kier molecular flexibility index (Phi) is 4.58. The third kappa shape index (κ3) is 3.15. The van der Waals surface area contributed by atoms with Crippen molar-refractivity contribution >= 4 is 11.6 Å². The minimum absolute atomic E-state index is 0.145. The lowest BCUT2D eigenvalue weighted by molar-refractivity contribution is 0.302. The van der Waals surface area contributed by atoms with E-state index < -0.39 is 0 Å². The highest BCUT2D eigenvalue weighted by molar-refractivity contribution is 5.59. The molecule has 5 nitrogen and oxygen atoms in total. The lowest BCUT2D eigenvalue weighted by Gasteiger charge is -2.24. The molecule has 0 atom stereocenters. The topological polar surface area (TPSA) is 61.3 Å². The first-order valence-electron chi connectivity index (χ1n) is 7.19. The van der Waals surface area contributed by atoms with E-state index >= 15 is 0 Å². The summed E-state index contributed by atoms with van der Waals surface area (Å²) in [6.45, 7) is 8.66. The molecular weight excluding hydrogens is 240 g/mol. The first-order chi connectivity index (χ1) is 9.21. The largest absolute Gasteiger partial charge is 0.395 e. The molecule has 0 saturated heterocycles.